The Morgan fingerprint density at radius 3 is 2.67 bits per heavy atom. The minimum atomic E-state index is -4.45. The van der Waals surface area contributed by atoms with Gasteiger partial charge in [0, 0.05) is 11.1 Å². The van der Waals surface area contributed by atoms with E-state index in [2.05, 4.69) is 10.3 Å². The zero-order chi connectivity index (χ0) is 17.3. The molecule has 2 aromatic rings. The molecule has 0 saturated carbocycles. The van der Waals surface area contributed by atoms with Crippen molar-refractivity contribution in [3.05, 3.63) is 59.2 Å². The molecule has 1 aliphatic rings. The van der Waals surface area contributed by atoms with Crippen molar-refractivity contribution in [2.75, 3.05) is 19.0 Å². The van der Waals surface area contributed by atoms with Gasteiger partial charge >= 0.3 is 6.18 Å². The molecular formula is C17H13F3N2O2. The van der Waals surface area contributed by atoms with Gasteiger partial charge in [-0.25, -0.2) is 0 Å². The summed E-state index contributed by atoms with van der Waals surface area (Å²) in [5.41, 5.74) is 0.828. The molecule has 24 heavy (non-hydrogen) atoms. The Bertz CT molecular complexity index is 829. The fraction of sp³-hybridized carbons (Fsp3) is 0.176. The highest BCUT2D eigenvalue weighted by Gasteiger charge is 2.31. The number of rotatable bonds is 2. The molecule has 7 heteroatoms. The van der Waals surface area contributed by atoms with Crippen LogP contribution in [0.3, 0.4) is 0 Å². The normalized spacial score (nSPS) is 14.3. The van der Waals surface area contributed by atoms with Gasteiger partial charge in [0.15, 0.2) is 0 Å². The number of fused-ring (bicyclic) bond motifs is 1. The fourth-order valence-electron chi connectivity index (χ4n) is 2.47. The summed E-state index contributed by atoms with van der Waals surface area (Å²) in [5, 5.41) is 2.69. The van der Waals surface area contributed by atoms with Gasteiger partial charge < -0.3 is 10.1 Å². The fourth-order valence-corrected chi connectivity index (χ4v) is 2.47. The molecule has 1 aliphatic heterocycles. The van der Waals surface area contributed by atoms with E-state index in [9.17, 15) is 18.0 Å². The Balaban J connectivity index is 2.16. The molecule has 0 aromatic heterocycles. The first-order valence-corrected chi connectivity index (χ1v) is 7.09. The lowest BCUT2D eigenvalue weighted by molar-refractivity contribution is -0.137. The second-order valence-electron chi connectivity index (χ2n) is 5.20. The number of carbonyl (C=O) groups is 1. The largest absolute Gasteiger partial charge is 0.497 e. The topological polar surface area (TPSA) is 50.7 Å². The molecule has 4 nitrogen and oxygen atoms in total. The maximum atomic E-state index is 13.0. The lowest BCUT2D eigenvalue weighted by Gasteiger charge is -2.13. The highest BCUT2D eigenvalue weighted by Crippen LogP contribution is 2.32. The van der Waals surface area contributed by atoms with E-state index in [0.717, 1.165) is 12.1 Å². The lowest BCUT2D eigenvalue weighted by Crippen LogP contribution is -2.13. The van der Waals surface area contributed by atoms with Crippen LogP contribution in [-0.4, -0.2) is 25.3 Å². The van der Waals surface area contributed by atoms with Crippen LogP contribution in [0, 0.1) is 0 Å². The molecule has 0 spiro atoms. The standard InChI is InChI=1S/C17H13F3N2O2/c1-24-12-5-6-14-13(8-12)16(21-9-15(23)22-14)10-3-2-4-11(7-10)17(18,19)20/h2-8H,9H2,1H3,(H,22,23). The number of nitrogens with one attached hydrogen (secondary N) is 1. The number of carbonyl (C=O) groups excluding carboxylic acids is 1. The van der Waals surface area contributed by atoms with Crippen molar-refractivity contribution in [3.8, 4) is 5.75 Å². The van der Waals surface area contributed by atoms with Crippen LogP contribution < -0.4 is 10.1 Å². The summed E-state index contributed by atoms with van der Waals surface area (Å²) in [6.45, 7) is -0.164. The number of nitrogens with zero attached hydrogens (tertiary/aromatic N) is 1. The summed E-state index contributed by atoms with van der Waals surface area (Å²) >= 11 is 0. The Hall–Kier alpha value is -2.83. The van der Waals surface area contributed by atoms with Crippen molar-refractivity contribution in [1.29, 1.82) is 0 Å². The highest BCUT2D eigenvalue weighted by molar-refractivity contribution is 6.19. The van der Waals surface area contributed by atoms with E-state index >= 15 is 0 Å². The number of alkyl halides is 3. The average Bonchev–Trinajstić information content (AvgIpc) is 2.71. The minimum absolute atomic E-state index is 0.164. The molecule has 0 aliphatic carbocycles. The molecule has 1 heterocycles. The molecule has 0 unspecified atom stereocenters. The summed E-state index contributed by atoms with van der Waals surface area (Å²) in [6.07, 6.45) is -4.45. The number of hydrogen-bond donors (Lipinski definition) is 1. The molecule has 0 bridgehead atoms. The Labute approximate surface area is 136 Å². The zero-order valence-electron chi connectivity index (χ0n) is 12.6. The summed E-state index contributed by atoms with van der Waals surface area (Å²) in [7, 11) is 1.48. The van der Waals surface area contributed by atoms with Gasteiger partial charge in [-0.15, -0.1) is 0 Å². The van der Waals surface area contributed by atoms with E-state index in [-0.39, 0.29) is 18.0 Å². The summed E-state index contributed by atoms with van der Waals surface area (Å²) in [5.74, 6) is 0.188. The van der Waals surface area contributed by atoms with Gasteiger partial charge in [-0.3, -0.25) is 9.79 Å². The quantitative estimate of drug-likeness (QED) is 0.914. The van der Waals surface area contributed by atoms with Crippen molar-refractivity contribution < 1.29 is 22.7 Å². The predicted octanol–water partition coefficient (Wildman–Crippen LogP) is 3.50. The molecule has 1 N–H and O–H groups in total. The SMILES string of the molecule is COc1ccc2c(c1)C(c1cccc(C(F)(F)F)c1)=NCC(=O)N2. The van der Waals surface area contributed by atoms with E-state index in [1.54, 1.807) is 18.2 Å². The molecular weight excluding hydrogens is 321 g/mol. The van der Waals surface area contributed by atoms with Crippen LogP contribution in [-0.2, 0) is 11.0 Å². The monoisotopic (exact) mass is 334 g/mol. The Kier molecular flexibility index (Phi) is 4.01. The second kappa shape index (κ2) is 5.99. The molecule has 0 fully saturated rings. The first kappa shape index (κ1) is 16.0. The van der Waals surface area contributed by atoms with Gasteiger partial charge in [-0.1, -0.05) is 12.1 Å². The van der Waals surface area contributed by atoms with Gasteiger partial charge in [0.25, 0.3) is 0 Å². The Morgan fingerprint density at radius 2 is 1.96 bits per heavy atom. The molecule has 3 rings (SSSR count). The first-order chi connectivity index (χ1) is 11.4. The summed E-state index contributed by atoms with van der Waals surface area (Å²) in [6, 6.07) is 9.82. The number of halogens is 3. The molecule has 0 saturated heterocycles. The van der Waals surface area contributed by atoms with Crippen LogP contribution in [0.1, 0.15) is 16.7 Å². The van der Waals surface area contributed by atoms with Crippen molar-refractivity contribution in [3.63, 3.8) is 0 Å². The van der Waals surface area contributed by atoms with E-state index in [0.29, 0.717) is 22.7 Å². The number of benzodiazepines with no additional fused rings is 1. The molecule has 0 atom stereocenters. The number of amides is 1. The van der Waals surface area contributed by atoms with Crippen molar-refractivity contribution in [2.45, 2.75) is 6.18 Å². The number of hydrogen-bond acceptors (Lipinski definition) is 3. The van der Waals surface area contributed by atoms with Crippen LogP contribution in [0.15, 0.2) is 47.5 Å². The van der Waals surface area contributed by atoms with Crippen LogP contribution in [0.25, 0.3) is 0 Å². The third kappa shape index (κ3) is 3.10. The zero-order valence-corrected chi connectivity index (χ0v) is 12.6. The van der Waals surface area contributed by atoms with Crippen LogP contribution >= 0.6 is 0 Å². The number of ether oxygens (including phenoxy) is 1. The van der Waals surface area contributed by atoms with Gasteiger partial charge in [-0.2, -0.15) is 13.2 Å². The average molecular weight is 334 g/mol. The number of anilines is 1. The van der Waals surface area contributed by atoms with E-state index < -0.39 is 11.7 Å². The van der Waals surface area contributed by atoms with Crippen molar-refractivity contribution >= 4 is 17.3 Å². The lowest BCUT2D eigenvalue weighted by atomic mass is 9.98. The second-order valence-corrected chi connectivity index (χ2v) is 5.20. The van der Waals surface area contributed by atoms with Crippen molar-refractivity contribution in [1.82, 2.24) is 0 Å². The van der Waals surface area contributed by atoms with Gasteiger partial charge in [0.2, 0.25) is 5.91 Å². The minimum Gasteiger partial charge on any atom is -0.497 e. The molecule has 0 radical (unpaired) electrons. The third-order valence-electron chi connectivity index (χ3n) is 3.60. The summed E-state index contributed by atoms with van der Waals surface area (Å²) < 4.78 is 44.1. The molecule has 2 aromatic carbocycles. The van der Waals surface area contributed by atoms with Crippen LogP contribution in [0.4, 0.5) is 18.9 Å². The van der Waals surface area contributed by atoms with E-state index in [1.165, 1.54) is 19.2 Å². The number of aliphatic imine (C=N–C) groups is 1. The van der Waals surface area contributed by atoms with E-state index in [1.807, 2.05) is 0 Å². The summed E-state index contributed by atoms with van der Waals surface area (Å²) in [4.78, 5) is 16.0. The van der Waals surface area contributed by atoms with Crippen LogP contribution in [0.2, 0.25) is 0 Å². The smallest absolute Gasteiger partial charge is 0.416 e. The van der Waals surface area contributed by atoms with Gasteiger partial charge in [0.1, 0.15) is 12.3 Å². The maximum absolute atomic E-state index is 13.0. The molecule has 1 amide bonds. The van der Waals surface area contributed by atoms with E-state index in [4.69, 9.17) is 4.74 Å². The predicted molar refractivity (Wildman–Crippen MR) is 83.6 cm³/mol. The maximum Gasteiger partial charge on any atom is 0.416 e. The highest BCUT2D eigenvalue weighted by atomic mass is 19.4. The Morgan fingerprint density at radius 1 is 1.17 bits per heavy atom. The number of benzene rings is 2. The number of methoxy groups -OCH3 is 1. The van der Waals surface area contributed by atoms with Gasteiger partial charge in [-0.05, 0) is 30.3 Å². The van der Waals surface area contributed by atoms with Crippen molar-refractivity contribution in [2.24, 2.45) is 4.99 Å². The first-order valence-electron chi connectivity index (χ1n) is 7.09. The molecule has 124 valence electrons. The third-order valence-corrected chi connectivity index (χ3v) is 3.60. The van der Waals surface area contributed by atoms with Gasteiger partial charge in [0.05, 0.1) is 24.1 Å². The van der Waals surface area contributed by atoms with Crippen LogP contribution in [0.5, 0.6) is 5.75 Å².